The molecule has 0 fully saturated rings. The van der Waals surface area contributed by atoms with Crippen LogP contribution in [0.5, 0.6) is 0 Å². The zero-order valence-electron chi connectivity index (χ0n) is 10.2. The van der Waals surface area contributed by atoms with E-state index >= 15 is 0 Å². The van der Waals surface area contributed by atoms with Crippen molar-refractivity contribution in [1.82, 2.24) is 9.78 Å². The van der Waals surface area contributed by atoms with Crippen LogP contribution in [0.15, 0.2) is 28.7 Å². The Labute approximate surface area is 110 Å². The Morgan fingerprint density at radius 2 is 2.06 bits per heavy atom. The van der Waals surface area contributed by atoms with Crippen molar-refractivity contribution in [2.75, 3.05) is 5.73 Å². The number of hydrogen-bond acceptors (Lipinski definition) is 2. The minimum Gasteiger partial charge on any atom is -0.383 e. The molecule has 0 spiro atoms. The molecule has 3 nitrogen and oxygen atoms in total. The molecule has 0 aliphatic heterocycles. The van der Waals surface area contributed by atoms with Crippen LogP contribution >= 0.6 is 15.9 Å². The third kappa shape index (κ3) is 2.22. The van der Waals surface area contributed by atoms with Crippen molar-refractivity contribution in [2.45, 2.75) is 19.8 Å². The summed E-state index contributed by atoms with van der Waals surface area (Å²) < 4.78 is 2.79. The van der Waals surface area contributed by atoms with Gasteiger partial charge in [-0.25, -0.2) is 0 Å². The van der Waals surface area contributed by atoms with Crippen molar-refractivity contribution in [3.8, 4) is 11.1 Å². The number of hydrogen-bond donors (Lipinski definition) is 1. The summed E-state index contributed by atoms with van der Waals surface area (Å²) in [5, 5.41) is 4.49. The maximum absolute atomic E-state index is 6.11. The van der Waals surface area contributed by atoms with E-state index in [1.165, 1.54) is 0 Å². The van der Waals surface area contributed by atoms with Gasteiger partial charge < -0.3 is 5.73 Å². The molecule has 1 aromatic carbocycles. The highest BCUT2D eigenvalue weighted by atomic mass is 79.9. The summed E-state index contributed by atoms with van der Waals surface area (Å²) >= 11 is 3.48. The fraction of sp³-hybridized carbons (Fsp3) is 0.308. The molecule has 1 heterocycles. The van der Waals surface area contributed by atoms with E-state index in [1.807, 2.05) is 19.2 Å². The lowest BCUT2D eigenvalue weighted by molar-refractivity contribution is 0.719. The minimum atomic E-state index is 0.354. The first-order chi connectivity index (χ1) is 8.00. The van der Waals surface area contributed by atoms with Gasteiger partial charge in [0, 0.05) is 17.1 Å². The molecule has 0 unspecified atom stereocenters. The van der Waals surface area contributed by atoms with E-state index in [2.05, 4.69) is 47.0 Å². The van der Waals surface area contributed by atoms with Gasteiger partial charge in [0.2, 0.25) is 0 Å². The van der Waals surface area contributed by atoms with Crippen molar-refractivity contribution < 1.29 is 0 Å². The summed E-state index contributed by atoms with van der Waals surface area (Å²) in [5.74, 6) is 1.07. The molecule has 2 aromatic rings. The van der Waals surface area contributed by atoms with Crippen LogP contribution in [-0.2, 0) is 7.05 Å². The monoisotopic (exact) mass is 293 g/mol. The Hall–Kier alpha value is -1.29. The molecule has 90 valence electrons. The molecule has 2 N–H and O–H groups in total. The fourth-order valence-electron chi connectivity index (χ4n) is 1.90. The Kier molecular flexibility index (Phi) is 3.24. The van der Waals surface area contributed by atoms with Crippen molar-refractivity contribution in [2.24, 2.45) is 7.05 Å². The largest absolute Gasteiger partial charge is 0.383 e. The lowest BCUT2D eigenvalue weighted by Crippen LogP contribution is -1.98. The van der Waals surface area contributed by atoms with Crippen LogP contribution in [-0.4, -0.2) is 9.78 Å². The molecule has 17 heavy (non-hydrogen) atoms. The van der Waals surface area contributed by atoms with Gasteiger partial charge in [-0.2, -0.15) is 5.10 Å². The molecule has 0 bridgehead atoms. The second-order valence-electron chi connectivity index (χ2n) is 4.43. The summed E-state index contributed by atoms with van der Waals surface area (Å²) in [6.07, 6.45) is 0. The smallest absolute Gasteiger partial charge is 0.129 e. The quantitative estimate of drug-likeness (QED) is 0.920. The Morgan fingerprint density at radius 1 is 1.35 bits per heavy atom. The van der Waals surface area contributed by atoms with Crippen molar-refractivity contribution >= 4 is 21.7 Å². The predicted octanol–water partition coefficient (Wildman–Crippen LogP) is 3.56. The first-order valence-corrected chi connectivity index (χ1v) is 6.38. The minimum absolute atomic E-state index is 0.354. The van der Waals surface area contributed by atoms with Crippen LogP contribution in [0.25, 0.3) is 11.1 Å². The van der Waals surface area contributed by atoms with Crippen LogP contribution in [0.4, 0.5) is 5.82 Å². The van der Waals surface area contributed by atoms with Crippen LogP contribution in [0, 0.1) is 0 Å². The number of nitrogens with two attached hydrogens (primary N) is 1. The van der Waals surface area contributed by atoms with Gasteiger partial charge in [-0.1, -0.05) is 41.9 Å². The van der Waals surface area contributed by atoms with Gasteiger partial charge in [0.25, 0.3) is 0 Å². The highest BCUT2D eigenvalue weighted by Crippen LogP contribution is 2.34. The number of halogens is 1. The van der Waals surface area contributed by atoms with Gasteiger partial charge in [0.1, 0.15) is 5.82 Å². The number of aryl methyl sites for hydroxylation is 1. The third-order valence-electron chi connectivity index (χ3n) is 2.78. The molecule has 0 saturated heterocycles. The van der Waals surface area contributed by atoms with Gasteiger partial charge in [-0.15, -0.1) is 0 Å². The maximum atomic E-state index is 6.11. The van der Waals surface area contributed by atoms with E-state index in [0.29, 0.717) is 11.7 Å². The topological polar surface area (TPSA) is 43.8 Å². The molecule has 0 aliphatic carbocycles. The van der Waals surface area contributed by atoms with Crippen molar-refractivity contribution in [3.05, 3.63) is 34.4 Å². The summed E-state index contributed by atoms with van der Waals surface area (Å²) in [6, 6.07) is 8.14. The molecule has 0 saturated carbocycles. The molecular formula is C13H16BrN3. The number of nitrogens with zero attached hydrogens (tertiary/aromatic N) is 2. The van der Waals surface area contributed by atoms with E-state index < -0.39 is 0 Å². The first-order valence-electron chi connectivity index (χ1n) is 5.59. The van der Waals surface area contributed by atoms with E-state index in [0.717, 1.165) is 21.3 Å². The highest BCUT2D eigenvalue weighted by molar-refractivity contribution is 9.10. The van der Waals surface area contributed by atoms with Gasteiger partial charge in [-0.05, 0) is 23.6 Å². The average molecular weight is 294 g/mol. The molecule has 0 amide bonds. The van der Waals surface area contributed by atoms with E-state index in [-0.39, 0.29) is 0 Å². The lowest BCUT2D eigenvalue weighted by Gasteiger charge is -2.06. The Balaban J connectivity index is 2.65. The van der Waals surface area contributed by atoms with Gasteiger partial charge in [0.15, 0.2) is 0 Å². The number of aromatic nitrogens is 2. The van der Waals surface area contributed by atoms with Crippen LogP contribution < -0.4 is 5.73 Å². The lowest BCUT2D eigenvalue weighted by atomic mass is 9.99. The van der Waals surface area contributed by atoms with Gasteiger partial charge >= 0.3 is 0 Å². The van der Waals surface area contributed by atoms with Crippen LogP contribution in [0.1, 0.15) is 25.5 Å². The summed E-state index contributed by atoms with van der Waals surface area (Å²) in [5.41, 5.74) is 9.30. The molecule has 0 aliphatic rings. The van der Waals surface area contributed by atoms with Crippen molar-refractivity contribution in [3.63, 3.8) is 0 Å². The summed E-state index contributed by atoms with van der Waals surface area (Å²) in [7, 11) is 1.88. The van der Waals surface area contributed by atoms with Gasteiger partial charge in [-0.3, -0.25) is 4.68 Å². The molecule has 2 rings (SSSR count). The Bertz CT molecular complexity index is 544. The zero-order valence-corrected chi connectivity index (χ0v) is 11.8. The molecular weight excluding hydrogens is 278 g/mol. The maximum Gasteiger partial charge on any atom is 0.129 e. The summed E-state index contributed by atoms with van der Waals surface area (Å²) in [4.78, 5) is 0. The number of nitrogen functional groups attached to an aromatic ring is 1. The van der Waals surface area contributed by atoms with E-state index in [9.17, 15) is 0 Å². The highest BCUT2D eigenvalue weighted by Gasteiger charge is 2.17. The normalized spacial score (nSPS) is 11.1. The van der Waals surface area contributed by atoms with Crippen molar-refractivity contribution in [1.29, 1.82) is 0 Å². The predicted molar refractivity (Wildman–Crippen MR) is 74.8 cm³/mol. The van der Waals surface area contributed by atoms with E-state index in [4.69, 9.17) is 5.73 Å². The molecule has 4 heteroatoms. The molecule has 0 radical (unpaired) electrons. The second kappa shape index (κ2) is 4.53. The second-order valence-corrected chi connectivity index (χ2v) is 5.35. The van der Waals surface area contributed by atoms with Gasteiger partial charge in [0.05, 0.1) is 5.69 Å². The number of anilines is 1. The first kappa shape index (κ1) is 12.2. The number of benzene rings is 1. The van der Waals surface area contributed by atoms with E-state index in [1.54, 1.807) is 4.68 Å². The van der Waals surface area contributed by atoms with Crippen LogP contribution in [0.2, 0.25) is 0 Å². The molecule has 1 aromatic heterocycles. The Morgan fingerprint density at radius 3 is 2.65 bits per heavy atom. The third-order valence-corrected chi connectivity index (χ3v) is 3.27. The molecule has 0 atom stereocenters. The SMILES string of the molecule is CC(C)c1nn(C)c(N)c1-c1cccc(Br)c1. The standard InChI is InChI=1S/C13H16BrN3/c1-8(2)12-11(13(15)17(3)16-12)9-5-4-6-10(14)7-9/h4-8H,15H2,1-3H3. The average Bonchev–Trinajstić information content (AvgIpc) is 2.56. The number of rotatable bonds is 2. The fourth-order valence-corrected chi connectivity index (χ4v) is 2.30. The summed E-state index contributed by atoms with van der Waals surface area (Å²) in [6.45, 7) is 4.26. The zero-order chi connectivity index (χ0) is 12.6. The van der Waals surface area contributed by atoms with Crippen LogP contribution in [0.3, 0.4) is 0 Å².